The van der Waals surface area contributed by atoms with Crippen molar-refractivity contribution in [2.24, 2.45) is 0 Å². The quantitative estimate of drug-likeness (QED) is 0.634. The van der Waals surface area contributed by atoms with Gasteiger partial charge in [-0.1, -0.05) is 0 Å². The van der Waals surface area contributed by atoms with E-state index in [0.29, 0.717) is 11.4 Å². The number of methoxy groups -OCH3 is 1. The zero-order chi connectivity index (χ0) is 12.0. The molecular formula is C13H14N2O2. The summed E-state index contributed by atoms with van der Waals surface area (Å²) in [6.07, 6.45) is 2.96. The third kappa shape index (κ3) is 1.21. The van der Waals surface area contributed by atoms with Crippen molar-refractivity contribution in [3.8, 4) is 5.75 Å². The van der Waals surface area contributed by atoms with E-state index in [4.69, 9.17) is 10.5 Å². The molecule has 1 aromatic heterocycles. The number of nitrogens with two attached hydrogens (primary N) is 1. The number of anilines is 1. The molecular weight excluding hydrogens is 216 g/mol. The molecule has 3 rings (SSSR count). The number of carbonyl (C=O) groups excluding carboxylic acids is 1. The van der Waals surface area contributed by atoms with E-state index in [2.05, 4.69) is 4.57 Å². The molecule has 2 aromatic rings. The molecule has 0 spiro atoms. The summed E-state index contributed by atoms with van der Waals surface area (Å²) >= 11 is 0. The van der Waals surface area contributed by atoms with Crippen LogP contribution in [0.2, 0.25) is 0 Å². The number of aromatic nitrogens is 1. The highest BCUT2D eigenvalue weighted by atomic mass is 16.5. The highest BCUT2D eigenvalue weighted by molar-refractivity contribution is 6.07. The maximum atomic E-state index is 11.3. The molecule has 0 bridgehead atoms. The third-order valence-electron chi connectivity index (χ3n) is 3.51. The van der Waals surface area contributed by atoms with Crippen molar-refractivity contribution in [2.45, 2.75) is 19.4 Å². The van der Waals surface area contributed by atoms with Crippen LogP contribution in [0.5, 0.6) is 5.75 Å². The van der Waals surface area contributed by atoms with E-state index in [1.165, 1.54) is 0 Å². The number of carbonyl (C=O) groups is 1. The van der Waals surface area contributed by atoms with Crippen LogP contribution in [0, 0.1) is 0 Å². The molecule has 0 fully saturated rings. The topological polar surface area (TPSA) is 57.2 Å². The predicted molar refractivity (Wildman–Crippen MR) is 66.6 cm³/mol. The lowest BCUT2D eigenvalue weighted by atomic mass is 10.1. The molecule has 88 valence electrons. The monoisotopic (exact) mass is 230 g/mol. The van der Waals surface area contributed by atoms with Crippen molar-refractivity contribution in [3.05, 3.63) is 23.4 Å². The van der Waals surface area contributed by atoms with E-state index < -0.39 is 0 Å². The summed E-state index contributed by atoms with van der Waals surface area (Å²) < 4.78 is 7.39. The lowest BCUT2D eigenvalue weighted by molar-refractivity contribution is 0.112. The van der Waals surface area contributed by atoms with Crippen LogP contribution in [-0.2, 0) is 13.0 Å². The van der Waals surface area contributed by atoms with Crippen LogP contribution in [-0.4, -0.2) is 18.0 Å². The van der Waals surface area contributed by atoms with Gasteiger partial charge in [0.15, 0.2) is 6.29 Å². The van der Waals surface area contributed by atoms with Crippen molar-refractivity contribution >= 4 is 22.9 Å². The number of aldehydes is 1. The van der Waals surface area contributed by atoms with Gasteiger partial charge in [0.1, 0.15) is 5.75 Å². The predicted octanol–water partition coefficient (Wildman–Crippen LogP) is 1.99. The van der Waals surface area contributed by atoms with Crippen LogP contribution in [0.3, 0.4) is 0 Å². The first-order valence-corrected chi connectivity index (χ1v) is 5.70. The molecule has 0 amide bonds. The minimum atomic E-state index is 0.564. The van der Waals surface area contributed by atoms with Gasteiger partial charge in [0, 0.05) is 23.2 Å². The first-order chi connectivity index (χ1) is 8.27. The van der Waals surface area contributed by atoms with Gasteiger partial charge in [0.05, 0.1) is 18.3 Å². The molecule has 0 aliphatic carbocycles. The molecule has 0 unspecified atom stereocenters. The maximum Gasteiger partial charge on any atom is 0.152 e. The molecule has 0 atom stereocenters. The number of hydrogen-bond acceptors (Lipinski definition) is 3. The van der Waals surface area contributed by atoms with Gasteiger partial charge >= 0.3 is 0 Å². The molecule has 0 radical (unpaired) electrons. The average molecular weight is 230 g/mol. The SMILES string of the molecule is COc1ccc2c(c1N)c(C=O)c1n2CCC1. The van der Waals surface area contributed by atoms with E-state index in [9.17, 15) is 4.79 Å². The third-order valence-corrected chi connectivity index (χ3v) is 3.51. The molecule has 17 heavy (non-hydrogen) atoms. The standard InChI is InChI=1S/C13H14N2O2/c1-17-11-5-4-10-12(13(11)14)8(7-16)9-3-2-6-15(9)10/h4-5,7H,2-3,6,14H2,1H3. The molecule has 4 nitrogen and oxygen atoms in total. The van der Waals surface area contributed by atoms with Crippen molar-refractivity contribution in [1.29, 1.82) is 0 Å². The Balaban J connectivity index is 2.45. The van der Waals surface area contributed by atoms with Gasteiger partial charge in [0.2, 0.25) is 0 Å². The summed E-state index contributed by atoms with van der Waals surface area (Å²) in [7, 11) is 1.59. The van der Waals surface area contributed by atoms with Crippen molar-refractivity contribution in [2.75, 3.05) is 12.8 Å². The number of rotatable bonds is 2. The Morgan fingerprint density at radius 2 is 2.29 bits per heavy atom. The first kappa shape index (κ1) is 10.2. The lowest BCUT2D eigenvalue weighted by Gasteiger charge is -2.07. The number of benzene rings is 1. The Morgan fingerprint density at radius 3 is 3.00 bits per heavy atom. The van der Waals surface area contributed by atoms with E-state index >= 15 is 0 Å². The molecule has 1 aliphatic heterocycles. The van der Waals surface area contributed by atoms with Gasteiger partial charge in [-0.25, -0.2) is 0 Å². The summed E-state index contributed by atoms with van der Waals surface area (Å²) in [6.45, 7) is 0.964. The van der Waals surface area contributed by atoms with Crippen LogP contribution >= 0.6 is 0 Å². The molecule has 4 heteroatoms. The van der Waals surface area contributed by atoms with E-state index in [1.807, 2.05) is 12.1 Å². The fraction of sp³-hybridized carbons (Fsp3) is 0.308. The number of fused-ring (bicyclic) bond motifs is 3. The maximum absolute atomic E-state index is 11.3. The van der Waals surface area contributed by atoms with Crippen molar-refractivity contribution < 1.29 is 9.53 Å². The number of nitrogens with zero attached hydrogens (tertiary/aromatic N) is 1. The Bertz CT molecular complexity index is 614. The molecule has 1 aliphatic rings. The Morgan fingerprint density at radius 1 is 1.47 bits per heavy atom. The second-order valence-corrected chi connectivity index (χ2v) is 4.31. The Hall–Kier alpha value is -1.97. The van der Waals surface area contributed by atoms with E-state index in [1.54, 1.807) is 7.11 Å². The van der Waals surface area contributed by atoms with Crippen LogP contribution in [0.4, 0.5) is 5.69 Å². The molecule has 2 N–H and O–H groups in total. The van der Waals surface area contributed by atoms with Gasteiger partial charge in [-0.05, 0) is 25.0 Å². The van der Waals surface area contributed by atoms with Gasteiger partial charge in [-0.15, -0.1) is 0 Å². The van der Waals surface area contributed by atoms with Crippen molar-refractivity contribution in [1.82, 2.24) is 4.57 Å². The Kier molecular flexibility index (Phi) is 2.11. The average Bonchev–Trinajstić information content (AvgIpc) is 2.89. The smallest absolute Gasteiger partial charge is 0.152 e. The number of hydrogen-bond donors (Lipinski definition) is 1. The second-order valence-electron chi connectivity index (χ2n) is 4.31. The molecule has 0 saturated heterocycles. The molecule has 1 aromatic carbocycles. The summed E-state index contributed by atoms with van der Waals surface area (Å²) in [4.78, 5) is 11.3. The van der Waals surface area contributed by atoms with E-state index in [0.717, 1.165) is 47.8 Å². The number of aryl methyl sites for hydroxylation is 1. The van der Waals surface area contributed by atoms with Crippen LogP contribution in [0.25, 0.3) is 10.9 Å². The van der Waals surface area contributed by atoms with Crippen LogP contribution in [0.15, 0.2) is 12.1 Å². The number of ether oxygens (including phenoxy) is 1. The van der Waals surface area contributed by atoms with E-state index in [-0.39, 0.29) is 0 Å². The fourth-order valence-electron chi connectivity index (χ4n) is 2.77. The van der Waals surface area contributed by atoms with Crippen LogP contribution in [0.1, 0.15) is 22.5 Å². The normalized spacial score (nSPS) is 13.9. The van der Waals surface area contributed by atoms with Gasteiger partial charge in [0.25, 0.3) is 0 Å². The second kappa shape index (κ2) is 3.52. The minimum Gasteiger partial charge on any atom is -0.495 e. The number of nitrogen functional groups attached to an aromatic ring is 1. The largest absolute Gasteiger partial charge is 0.495 e. The zero-order valence-electron chi connectivity index (χ0n) is 9.69. The zero-order valence-corrected chi connectivity index (χ0v) is 9.69. The summed E-state index contributed by atoms with van der Waals surface area (Å²) in [5, 5.41) is 0.842. The lowest BCUT2D eigenvalue weighted by Crippen LogP contribution is -1.95. The van der Waals surface area contributed by atoms with Crippen molar-refractivity contribution in [3.63, 3.8) is 0 Å². The van der Waals surface area contributed by atoms with Gasteiger partial charge in [-0.3, -0.25) is 4.79 Å². The van der Waals surface area contributed by atoms with Crippen LogP contribution < -0.4 is 10.5 Å². The molecule has 0 saturated carbocycles. The summed E-state index contributed by atoms with van der Waals surface area (Å²) in [6, 6.07) is 3.84. The van der Waals surface area contributed by atoms with Gasteiger partial charge in [-0.2, -0.15) is 0 Å². The summed E-state index contributed by atoms with van der Waals surface area (Å²) in [5.41, 5.74) is 9.51. The highest BCUT2D eigenvalue weighted by Crippen LogP contribution is 2.38. The summed E-state index contributed by atoms with van der Waals surface area (Å²) in [5.74, 6) is 0.630. The Labute approximate surface area is 99.0 Å². The highest BCUT2D eigenvalue weighted by Gasteiger charge is 2.23. The minimum absolute atomic E-state index is 0.564. The van der Waals surface area contributed by atoms with Gasteiger partial charge < -0.3 is 15.0 Å². The first-order valence-electron chi connectivity index (χ1n) is 5.70. The fourth-order valence-corrected chi connectivity index (χ4v) is 2.77. The molecule has 2 heterocycles.